The van der Waals surface area contributed by atoms with E-state index >= 15 is 0 Å². The summed E-state index contributed by atoms with van der Waals surface area (Å²) in [5, 5.41) is 2.89. The number of nitrogens with zero attached hydrogens (tertiary/aromatic N) is 1. The Hall–Kier alpha value is -2.47. The van der Waals surface area contributed by atoms with E-state index in [4.69, 9.17) is 13.9 Å². The van der Waals surface area contributed by atoms with Gasteiger partial charge in [-0.05, 0) is 43.5 Å². The number of urea groups is 1. The van der Waals surface area contributed by atoms with Gasteiger partial charge in [-0.2, -0.15) is 0 Å². The number of nitrogens with one attached hydrogen (secondary N) is 1. The molecule has 134 valence electrons. The minimum absolute atomic E-state index is 0.124. The van der Waals surface area contributed by atoms with Gasteiger partial charge in [-0.15, -0.1) is 0 Å². The molecular weight excluding hydrogens is 320 g/mol. The summed E-state index contributed by atoms with van der Waals surface area (Å²) in [6, 6.07) is 10.9. The lowest BCUT2D eigenvalue weighted by Gasteiger charge is -2.23. The molecule has 2 amide bonds. The number of rotatable bonds is 6. The average Bonchev–Trinajstić information content (AvgIpc) is 3.15. The fraction of sp³-hybridized carbons (Fsp3) is 0.421. The van der Waals surface area contributed by atoms with Crippen LogP contribution in [0.2, 0.25) is 0 Å². The van der Waals surface area contributed by atoms with Crippen molar-refractivity contribution in [1.82, 2.24) is 4.90 Å². The van der Waals surface area contributed by atoms with E-state index in [0.717, 1.165) is 25.2 Å². The first kappa shape index (κ1) is 17.4. The van der Waals surface area contributed by atoms with E-state index in [2.05, 4.69) is 5.32 Å². The molecule has 1 N–H and O–H groups in total. The highest BCUT2D eigenvalue weighted by Crippen LogP contribution is 2.25. The molecule has 0 radical (unpaired) electrons. The van der Waals surface area contributed by atoms with Gasteiger partial charge in [0.1, 0.15) is 18.1 Å². The molecule has 0 aliphatic carbocycles. The van der Waals surface area contributed by atoms with Gasteiger partial charge in [-0.25, -0.2) is 4.79 Å². The molecule has 6 heteroatoms. The largest absolute Gasteiger partial charge is 0.489 e. The van der Waals surface area contributed by atoms with Crippen LogP contribution in [0.25, 0.3) is 0 Å². The second kappa shape index (κ2) is 8.58. The molecule has 0 bridgehead atoms. The molecule has 2 aromatic rings. The molecule has 2 heterocycles. The van der Waals surface area contributed by atoms with Crippen molar-refractivity contribution >= 4 is 11.7 Å². The molecule has 1 saturated heterocycles. The fourth-order valence-electron chi connectivity index (χ4n) is 2.74. The van der Waals surface area contributed by atoms with Crippen LogP contribution >= 0.6 is 0 Å². The monoisotopic (exact) mass is 344 g/mol. The molecular formula is C19H24N2O4. The van der Waals surface area contributed by atoms with Crippen LogP contribution < -0.4 is 10.1 Å². The molecule has 0 spiro atoms. The van der Waals surface area contributed by atoms with E-state index in [1.54, 1.807) is 24.3 Å². The highest BCUT2D eigenvalue weighted by Gasteiger charge is 2.17. The maximum Gasteiger partial charge on any atom is 0.322 e. The average molecular weight is 344 g/mol. The van der Waals surface area contributed by atoms with Crippen LogP contribution in [0.4, 0.5) is 10.5 Å². The fourth-order valence-corrected chi connectivity index (χ4v) is 2.74. The van der Waals surface area contributed by atoms with Crippen molar-refractivity contribution in [2.24, 2.45) is 0 Å². The zero-order chi connectivity index (χ0) is 17.5. The van der Waals surface area contributed by atoms with Gasteiger partial charge in [-0.1, -0.05) is 12.1 Å². The third-order valence-electron chi connectivity index (χ3n) is 4.15. The molecule has 1 aromatic heterocycles. The Morgan fingerprint density at radius 3 is 2.92 bits per heavy atom. The first-order valence-electron chi connectivity index (χ1n) is 8.60. The number of ether oxygens (including phenoxy) is 2. The summed E-state index contributed by atoms with van der Waals surface area (Å²) in [6.45, 7) is 1.69. The van der Waals surface area contributed by atoms with Gasteiger partial charge in [0, 0.05) is 13.7 Å². The number of carbonyl (C=O) groups is 1. The molecule has 1 atom stereocenters. The summed E-state index contributed by atoms with van der Waals surface area (Å²) in [6.07, 6.45) is 5.02. The Balaban J connectivity index is 1.56. The second-order valence-corrected chi connectivity index (χ2v) is 6.16. The van der Waals surface area contributed by atoms with Crippen LogP contribution in [-0.2, 0) is 11.3 Å². The molecule has 25 heavy (non-hydrogen) atoms. The lowest BCUT2D eigenvalue weighted by Crippen LogP contribution is -2.31. The van der Waals surface area contributed by atoms with Gasteiger partial charge in [0.2, 0.25) is 0 Å². The first-order chi connectivity index (χ1) is 12.2. The van der Waals surface area contributed by atoms with Crippen LogP contribution in [0, 0.1) is 0 Å². The summed E-state index contributed by atoms with van der Waals surface area (Å²) in [5.41, 5.74) is 0.648. The normalized spacial score (nSPS) is 17.1. The zero-order valence-electron chi connectivity index (χ0n) is 14.4. The molecule has 1 fully saturated rings. The zero-order valence-corrected chi connectivity index (χ0v) is 14.4. The quantitative estimate of drug-likeness (QED) is 0.863. The van der Waals surface area contributed by atoms with Crippen LogP contribution in [0.3, 0.4) is 0 Å². The Kier molecular flexibility index (Phi) is 5.95. The van der Waals surface area contributed by atoms with Crippen LogP contribution in [0.15, 0.2) is 47.1 Å². The summed E-state index contributed by atoms with van der Waals surface area (Å²) in [7, 11) is 1.72. The minimum atomic E-state index is -0.221. The van der Waals surface area contributed by atoms with Gasteiger partial charge in [0.15, 0.2) is 0 Å². The van der Waals surface area contributed by atoms with E-state index in [1.165, 1.54) is 6.42 Å². The van der Waals surface area contributed by atoms with Gasteiger partial charge >= 0.3 is 6.03 Å². The first-order valence-corrected chi connectivity index (χ1v) is 8.60. The standard InChI is InChI=1S/C19H24N2O4/c1-21(13-15-8-6-12-23-15)19(22)20-17-9-2-3-10-18(17)25-14-16-7-4-5-11-24-16/h2-3,6,8-10,12,16H,4-5,7,11,13-14H2,1H3,(H,20,22)/t16-/m0/s1. The van der Waals surface area contributed by atoms with E-state index in [9.17, 15) is 4.79 Å². The third kappa shape index (κ3) is 5.00. The van der Waals surface area contributed by atoms with E-state index in [-0.39, 0.29) is 12.1 Å². The second-order valence-electron chi connectivity index (χ2n) is 6.16. The molecule has 1 aromatic carbocycles. The van der Waals surface area contributed by atoms with Crippen molar-refractivity contribution in [3.05, 3.63) is 48.4 Å². The Morgan fingerprint density at radius 2 is 2.16 bits per heavy atom. The van der Waals surface area contributed by atoms with Crippen LogP contribution in [0.1, 0.15) is 25.0 Å². The number of para-hydroxylation sites is 2. The third-order valence-corrected chi connectivity index (χ3v) is 4.15. The lowest BCUT2D eigenvalue weighted by molar-refractivity contribution is -0.0109. The summed E-state index contributed by atoms with van der Waals surface area (Å²) >= 11 is 0. The van der Waals surface area contributed by atoms with Crippen LogP contribution in [0.5, 0.6) is 5.75 Å². The van der Waals surface area contributed by atoms with Crippen LogP contribution in [-0.4, -0.2) is 37.3 Å². The van der Waals surface area contributed by atoms with Crippen molar-refractivity contribution in [3.8, 4) is 5.75 Å². The van der Waals surface area contributed by atoms with Crippen molar-refractivity contribution in [2.75, 3.05) is 25.6 Å². The van der Waals surface area contributed by atoms with Crippen molar-refractivity contribution in [3.63, 3.8) is 0 Å². The van der Waals surface area contributed by atoms with Gasteiger partial charge in [0.25, 0.3) is 0 Å². The SMILES string of the molecule is CN(Cc1ccco1)C(=O)Nc1ccccc1OC[C@@H]1CCCCO1. The predicted molar refractivity (Wildman–Crippen MR) is 94.7 cm³/mol. The van der Waals surface area contributed by atoms with Gasteiger partial charge in [-0.3, -0.25) is 0 Å². The predicted octanol–water partition coefficient (Wildman–Crippen LogP) is 3.89. The van der Waals surface area contributed by atoms with E-state index in [0.29, 0.717) is 24.6 Å². The number of hydrogen-bond donors (Lipinski definition) is 1. The highest BCUT2D eigenvalue weighted by molar-refractivity contribution is 5.90. The maximum absolute atomic E-state index is 12.4. The molecule has 1 aliphatic heterocycles. The lowest BCUT2D eigenvalue weighted by atomic mass is 10.1. The molecule has 1 aliphatic rings. The summed E-state index contributed by atoms with van der Waals surface area (Å²) < 4.78 is 16.8. The Bertz CT molecular complexity index is 666. The van der Waals surface area contributed by atoms with Crippen molar-refractivity contribution < 1.29 is 18.7 Å². The number of carbonyl (C=O) groups excluding carboxylic acids is 1. The number of furan rings is 1. The van der Waals surface area contributed by atoms with Crippen molar-refractivity contribution in [1.29, 1.82) is 0 Å². The topological polar surface area (TPSA) is 63.9 Å². The number of benzene rings is 1. The van der Waals surface area contributed by atoms with E-state index < -0.39 is 0 Å². The number of amides is 2. The Labute approximate surface area is 147 Å². The summed E-state index contributed by atoms with van der Waals surface area (Å²) in [4.78, 5) is 13.9. The number of hydrogen-bond acceptors (Lipinski definition) is 4. The van der Waals surface area contributed by atoms with Gasteiger partial charge in [0.05, 0.1) is 24.6 Å². The molecule has 3 rings (SSSR count). The molecule has 0 unspecified atom stereocenters. The summed E-state index contributed by atoms with van der Waals surface area (Å²) in [5.74, 6) is 1.38. The van der Waals surface area contributed by atoms with E-state index in [1.807, 2.05) is 30.3 Å². The molecule has 6 nitrogen and oxygen atoms in total. The number of anilines is 1. The smallest absolute Gasteiger partial charge is 0.322 e. The van der Waals surface area contributed by atoms with Gasteiger partial charge < -0.3 is 24.1 Å². The maximum atomic E-state index is 12.4. The van der Waals surface area contributed by atoms with Crippen molar-refractivity contribution in [2.45, 2.75) is 31.9 Å². The Morgan fingerprint density at radius 1 is 1.28 bits per heavy atom. The highest BCUT2D eigenvalue weighted by atomic mass is 16.5. The molecule has 0 saturated carbocycles. The minimum Gasteiger partial charge on any atom is -0.489 e.